The molecule has 1 heterocycles. The minimum absolute atomic E-state index is 0.00773. The number of aromatic nitrogens is 1. The lowest BCUT2D eigenvalue weighted by Gasteiger charge is -2.25. The summed E-state index contributed by atoms with van der Waals surface area (Å²) in [5, 5.41) is 9.27. The number of carbonyl (C=O) groups excluding carboxylic acids is 1. The molecule has 0 aliphatic carbocycles. The molecule has 4 nitrogen and oxygen atoms in total. The lowest BCUT2D eigenvalue weighted by atomic mass is 10.1. The van der Waals surface area contributed by atoms with E-state index in [-0.39, 0.29) is 18.4 Å². The number of hydrogen-bond donors (Lipinski definition) is 1. The van der Waals surface area contributed by atoms with Gasteiger partial charge in [-0.05, 0) is 23.6 Å². The van der Waals surface area contributed by atoms with Crippen molar-refractivity contribution >= 4 is 5.91 Å². The molecule has 0 saturated heterocycles. The standard InChI is InChI=1S/C17H22N2O2/c1-14(13-20)11-19(12-15-7-4-3-5-8-15)17(21)16-9-6-10-18(16)2/h3-10,14,20H,11-13H2,1-2H3. The van der Waals surface area contributed by atoms with E-state index in [9.17, 15) is 9.90 Å². The Morgan fingerprint density at radius 1 is 1.24 bits per heavy atom. The minimum Gasteiger partial charge on any atom is -0.396 e. The molecular formula is C17H22N2O2. The Balaban J connectivity index is 2.19. The summed E-state index contributed by atoms with van der Waals surface area (Å²) in [6, 6.07) is 13.6. The van der Waals surface area contributed by atoms with Crippen molar-refractivity contribution in [3.8, 4) is 0 Å². The molecule has 2 rings (SSSR count). The second-order valence-electron chi connectivity index (χ2n) is 5.46. The number of hydrogen-bond acceptors (Lipinski definition) is 2. The van der Waals surface area contributed by atoms with Gasteiger partial charge in [0, 0.05) is 32.9 Å². The Morgan fingerprint density at radius 3 is 2.52 bits per heavy atom. The number of amides is 1. The molecule has 0 spiro atoms. The van der Waals surface area contributed by atoms with E-state index in [1.165, 1.54) is 0 Å². The summed E-state index contributed by atoms with van der Waals surface area (Å²) in [6.45, 7) is 3.10. The van der Waals surface area contributed by atoms with Crippen molar-refractivity contribution in [1.82, 2.24) is 9.47 Å². The Morgan fingerprint density at radius 2 is 1.95 bits per heavy atom. The van der Waals surface area contributed by atoms with E-state index >= 15 is 0 Å². The maximum absolute atomic E-state index is 12.7. The first kappa shape index (κ1) is 15.3. The molecule has 0 bridgehead atoms. The first-order valence-electron chi connectivity index (χ1n) is 7.17. The average Bonchev–Trinajstić information content (AvgIpc) is 2.93. The summed E-state index contributed by atoms with van der Waals surface area (Å²) in [5.41, 5.74) is 1.75. The van der Waals surface area contributed by atoms with Gasteiger partial charge in [0.1, 0.15) is 5.69 Å². The van der Waals surface area contributed by atoms with Crippen molar-refractivity contribution in [3.05, 3.63) is 59.9 Å². The van der Waals surface area contributed by atoms with Crippen molar-refractivity contribution in [2.45, 2.75) is 13.5 Å². The van der Waals surface area contributed by atoms with Gasteiger partial charge in [0.2, 0.25) is 0 Å². The van der Waals surface area contributed by atoms with E-state index < -0.39 is 0 Å². The van der Waals surface area contributed by atoms with Crippen molar-refractivity contribution < 1.29 is 9.90 Å². The Hall–Kier alpha value is -2.07. The predicted octanol–water partition coefficient (Wildman–Crippen LogP) is 2.30. The average molecular weight is 286 g/mol. The first-order chi connectivity index (χ1) is 10.1. The SMILES string of the molecule is CC(CO)CN(Cc1ccccc1)C(=O)c1cccn1C. The van der Waals surface area contributed by atoms with Crippen LogP contribution < -0.4 is 0 Å². The van der Waals surface area contributed by atoms with Gasteiger partial charge in [-0.15, -0.1) is 0 Å². The van der Waals surface area contributed by atoms with E-state index in [1.807, 2.05) is 67.2 Å². The van der Waals surface area contributed by atoms with Gasteiger partial charge < -0.3 is 14.6 Å². The summed E-state index contributed by atoms with van der Waals surface area (Å²) in [5.74, 6) is 0.0459. The summed E-state index contributed by atoms with van der Waals surface area (Å²) < 4.78 is 1.82. The number of aryl methyl sites for hydroxylation is 1. The number of aliphatic hydroxyl groups excluding tert-OH is 1. The Labute approximate surface area is 125 Å². The predicted molar refractivity (Wildman–Crippen MR) is 82.8 cm³/mol. The van der Waals surface area contributed by atoms with Crippen LogP contribution in [0.15, 0.2) is 48.7 Å². The Bertz CT molecular complexity index is 577. The van der Waals surface area contributed by atoms with Gasteiger partial charge in [-0.1, -0.05) is 37.3 Å². The van der Waals surface area contributed by atoms with Gasteiger partial charge in [-0.25, -0.2) is 0 Å². The largest absolute Gasteiger partial charge is 0.396 e. The van der Waals surface area contributed by atoms with Crippen molar-refractivity contribution in [3.63, 3.8) is 0 Å². The van der Waals surface area contributed by atoms with Crippen molar-refractivity contribution in [2.24, 2.45) is 13.0 Å². The highest BCUT2D eigenvalue weighted by Gasteiger charge is 2.20. The molecule has 112 valence electrons. The van der Waals surface area contributed by atoms with Gasteiger partial charge in [0.15, 0.2) is 0 Å². The highest BCUT2D eigenvalue weighted by Crippen LogP contribution is 2.12. The van der Waals surface area contributed by atoms with Crippen LogP contribution in [0.1, 0.15) is 23.0 Å². The number of benzene rings is 1. The maximum Gasteiger partial charge on any atom is 0.270 e. The quantitative estimate of drug-likeness (QED) is 0.885. The fourth-order valence-electron chi connectivity index (χ4n) is 2.30. The third-order valence-corrected chi connectivity index (χ3v) is 3.51. The van der Waals surface area contributed by atoms with Gasteiger partial charge in [0.05, 0.1) is 0 Å². The monoisotopic (exact) mass is 286 g/mol. The van der Waals surface area contributed by atoms with Gasteiger partial charge >= 0.3 is 0 Å². The molecular weight excluding hydrogens is 264 g/mol. The summed E-state index contributed by atoms with van der Waals surface area (Å²) in [7, 11) is 1.86. The molecule has 2 aromatic rings. The number of aliphatic hydroxyl groups is 1. The zero-order valence-electron chi connectivity index (χ0n) is 12.6. The third kappa shape index (κ3) is 3.95. The zero-order chi connectivity index (χ0) is 15.2. The minimum atomic E-state index is -0.00773. The van der Waals surface area contributed by atoms with Crippen LogP contribution in [0, 0.1) is 5.92 Å². The molecule has 1 amide bonds. The normalized spacial score (nSPS) is 12.1. The fraction of sp³-hybridized carbons (Fsp3) is 0.353. The molecule has 1 atom stereocenters. The van der Waals surface area contributed by atoms with Crippen LogP contribution in [0.25, 0.3) is 0 Å². The van der Waals surface area contributed by atoms with Crippen LogP contribution in [-0.2, 0) is 13.6 Å². The van der Waals surface area contributed by atoms with Crippen molar-refractivity contribution in [2.75, 3.05) is 13.2 Å². The molecule has 0 fully saturated rings. The molecule has 0 aliphatic rings. The molecule has 4 heteroatoms. The Kier molecular flexibility index (Phi) is 5.17. The second kappa shape index (κ2) is 7.09. The lowest BCUT2D eigenvalue weighted by Crippen LogP contribution is -2.36. The van der Waals surface area contributed by atoms with E-state index in [1.54, 1.807) is 4.90 Å². The van der Waals surface area contributed by atoms with Crippen LogP contribution in [0.2, 0.25) is 0 Å². The smallest absolute Gasteiger partial charge is 0.270 e. The molecule has 0 aliphatic heterocycles. The van der Waals surface area contributed by atoms with Crippen LogP contribution in [0.5, 0.6) is 0 Å². The maximum atomic E-state index is 12.7. The van der Waals surface area contributed by atoms with Crippen LogP contribution >= 0.6 is 0 Å². The topological polar surface area (TPSA) is 45.5 Å². The highest BCUT2D eigenvalue weighted by molar-refractivity contribution is 5.92. The van der Waals surface area contributed by atoms with Crippen LogP contribution in [0.4, 0.5) is 0 Å². The van der Waals surface area contributed by atoms with E-state index in [2.05, 4.69) is 0 Å². The van der Waals surface area contributed by atoms with Gasteiger partial charge in [0.25, 0.3) is 5.91 Å². The molecule has 1 aromatic carbocycles. The molecule has 21 heavy (non-hydrogen) atoms. The van der Waals surface area contributed by atoms with Gasteiger partial charge in [-0.2, -0.15) is 0 Å². The van der Waals surface area contributed by atoms with E-state index in [4.69, 9.17) is 0 Å². The molecule has 1 aromatic heterocycles. The summed E-state index contributed by atoms with van der Waals surface area (Å²) in [4.78, 5) is 14.5. The number of rotatable bonds is 6. The van der Waals surface area contributed by atoms with Crippen LogP contribution in [0.3, 0.4) is 0 Å². The van der Waals surface area contributed by atoms with Crippen LogP contribution in [-0.4, -0.2) is 33.6 Å². The van der Waals surface area contributed by atoms with E-state index in [0.29, 0.717) is 18.8 Å². The van der Waals surface area contributed by atoms with E-state index in [0.717, 1.165) is 5.56 Å². The highest BCUT2D eigenvalue weighted by atomic mass is 16.3. The third-order valence-electron chi connectivity index (χ3n) is 3.51. The molecule has 1 unspecified atom stereocenters. The first-order valence-corrected chi connectivity index (χ1v) is 7.17. The molecule has 0 radical (unpaired) electrons. The molecule has 0 saturated carbocycles. The summed E-state index contributed by atoms with van der Waals surface area (Å²) in [6.07, 6.45) is 1.86. The van der Waals surface area contributed by atoms with Crippen molar-refractivity contribution in [1.29, 1.82) is 0 Å². The second-order valence-corrected chi connectivity index (χ2v) is 5.46. The zero-order valence-corrected chi connectivity index (χ0v) is 12.6. The lowest BCUT2D eigenvalue weighted by molar-refractivity contribution is 0.0685. The molecule has 1 N–H and O–H groups in total. The number of carbonyl (C=O) groups is 1. The fourth-order valence-corrected chi connectivity index (χ4v) is 2.30. The van der Waals surface area contributed by atoms with Gasteiger partial charge in [-0.3, -0.25) is 4.79 Å². The summed E-state index contributed by atoms with van der Waals surface area (Å²) >= 11 is 0. The number of nitrogens with zero attached hydrogens (tertiary/aromatic N) is 2.